The summed E-state index contributed by atoms with van der Waals surface area (Å²) in [6, 6.07) is 16.5. The maximum atomic E-state index is 10.3. The van der Waals surface area contributed by atoms with Crippen LogP contribution in [-0.4, -0.2) is 11.2 Å². The highest BCUT2D eigenvalue weighted by Crippen LogP contribution is 2.27. The molecule has 1 heterocycles. The van der Waals surface area contributed by atoms with Gasteiger partial charge < -0.3 is 5.11 Å². The normalized spacial score (nSPS) is 12.7. The summed E-state index contributed by atoms with van der Waals surface area (Å²) >= 11 is 5.21. The van der Waals surface area contributed by atoms with Crippen LogP contribution < -0.4 is 0 Å². The monoisotopic (exact) mass is 346 g/mol. The van der Waals surface area contributed by atoms with Crippen molar-refractivity contribution in [3.8, 4) is 0 Å². The minimum absolute atomic E-state index is 0.345. The molecule has 1 nitrogen and oxygen atoms in total. The maximum Gasteiger partial charge on any atom is 0.0621 e. The Morgan fingerprint density at radius 1 is 1.05 bits per heavy atom. The largest absolute Gasteiger partial charge is 0.392 e. The predicted octanol–water partition coefficient (Wildman–Crippen LogP) is 4.81. The zero-order valence-electron chi connectivity index (χ0n) is 10.9. The van der Waals surface area contributed by atoms with E-state index in [-0.39, 0.29) is 6.10 Å². The second-order valence-electron chi connectivity index (χ2n) is 4.95. The first kappa shape index (κ1) is 13.8. The molecule has 3 heteroatoms. The number of thiophene rings is 1. The standard InChI is InChI=1S/C17H15BrOS/c18-14-5-3-4-12(8-14)9-15(19)10-13-11-20-17-7-2-1-6-16(13)17/h1-8,11,15,19H,9-10H2. The topological polar surface area (TPSA) is 20.2 Å². The first-order valence-electron chi connectivity index (χ1n) is 6.60. The smallest absolute Gasteiger partial charge is 0.0621 e. The summed E-state index contributed by atoms with van der Waals surface area (Å²) in [4.78, 5) is 0. The Morgan fingerprint density at radius 2 is 1.90 bits per heavy atom. The molecule has 0 aliphatic rings. The Labute approximate surface area is 131 Å². The van der Waals surface area contributed by atoms with Gasteiger partial charge in [0.15, 0.2) is 0 Å². The van der Waals surface area contributed by atoms with Gasteiger partial charge in [-0.05, 0) is 46.5 Å². The summed E-state index contributed by atoms with van der Waals surface area (Å²) in [6.45, 7) is 0. The van der Waals surface area contributed by atoms with Gasteiger partial charge in [0.2, 0.25) is 0 Å². The lowest BCUT2D eigenvalue weighted by atomic mass is 10.0. The van der Waals surface area contributed by atoms with Crippen molar-refractivity contribution in [3.63, 3.8) is 0 Å². The van der Waals surface area contributed by atoms with Gasteiger partial charge in [-0.3, -0.25) is 0 Å². The Bertz CT molecular complexity index is 720. The lowest BCUT2D eigenvalue weighted by Gasteiger charge is -2.10. The third kappa shape index (κ3) is 3.11. The summed E-state index contributed by atoms with van der Waals surface area (Å²) in [6.07, 6.45) is 1.04. The molecule has 0 saturated heterocycles. The van der Waals surface area contributed by atoms with Crippen LogP contribution in [0.2, 0.25) is 0 Å². The van der Waals surface area contributed by atoms with Crippen LogP contribution in [0.15, 0.2) is 58.4 Å². The number of aliphatic hydroxyl groups excluding tert-OH is 1. The molecule has 0 aliphatic heterocycles. The molecule has 0 aliphatic carbocycles. The zero-order chi connectivity index (χ0) is 13.9. The summed E-state index contributed by atoms with van der Waals surface area (Å²) in [5.74, 6) is 0. The van der Waals surface area contributed by atoms with Crippen LogP contribution in [0, 0.1) is 0 Å². The van der Waals surface area contributed by atoms with Gasteiger partial charge in [0.25, 0.3) is 0 Å². The highest BCUT2D eigenvalue weighted by molar-refractivity contribution is 9.10. The number of halogens is 1. The van der Waals surface area contributed by atoms with Crippen molar-refractivity contribution < 1.29 is 5.11 Å². The first-order valence-corrected chi connectivity index (χ1v) is 8.27. The Balaban J connectivity index is 1.74. The second kappa shape index (κ2) is 6.08. The number of benzene rings is 2. The van der Waals surface area contributed by atoms with Crippen LogP contribution in [-0.2, 0) is 12.8 Å². The quantitative estimate of drug-likeness (QED) is 0.718. The van der Waals surface area contributed by atoms with Crippen molar-refractivity contribution in [1.29, 1.82) is 0 Å². The molecule has 0 saturated carbocycles. The number of hydrogen-bond donors (Lipinski definition) is 1. The highest BCUT2D eigenvalue weighted by Gasteiger charge is 2.11. The van der Waals surface area contributed by atoms with Crippen LogP contribution >= 0.6 is 27.3 Å². The molecule has 2 aromatic carbocycles. The number of hydrogen-bond acceptors (Lipinski definition) is 2. The van der Waals surface area contributed by atoms with Gasteiger partial charge in [0.1, 0.15) is 0 Å². The molecule has 0 amide bonds. The number of fused-ring (bicyclic) bond motifs is 1. The van der Waals surface area contributed by atoms with Gasteiger partial charge in [-0.15, -0.1) is 11.3 Å². The molecular weight excluding hydrogens is 332 g/mol. The van der Waals surface area contributed by atoms with E-state index in [0.717, 1.165) is 10.0 Å². The van der Waals surface area contributed by atoms with E-state index in [9.17, 15) is 5.11 Å². The van der Waals surface area contributed by atoms with Crippen LogP contribution in [0.5, 0.6) is 0 Å². The lowest BCUT2D eigenvalue weighted by molar-refractivity contribution is 0.176. The second-order valence-corrected chi connectivity index (χ2v) is 6.78. The number of aliphatic hydroxyl groups is 1. The molecule has 1 N–H and O–H groups in total. The van der Waals surface area contributed by atoms with Crippen molar-refractivity contribution >= 4 is 37.4 Å². The molecule has 1 aromatic heterocycles. The van der Waals surface area contributed by atoms with E-state index < -0.39 is 0 Å². The minimum atomic E-state index is -0.345. The van der Waals surface area contributed by atoms with Gasteiger partial charge in [-0.1, -0.05) is 46.3 Å². The molecule has 0 fully saturated rings. The molecule has 3 rings (SSSR count). The highest BCUT2D eigenvalue weighted by atomic mass is 79.9. The predicted molar refractivity (Wildman–Crippen MR) is 89.4 cm³/mol. The molecule has 1 unspecified atom stereocenters. The fourth-order valence-corrected chi connectivity index (χ4v) is 3.88. The lowest BCUT2D eigenvalue weighted by Crippen LogP contribution is -2.13. The maximum absolute atomic E-state index is 10.3. The molecule has 3 aromatic rings. The van der Waals surface area contributed by atoms with Gasteiger partial charge >= 0.3 is 0 Å². The van der Waals surface area contributed by atoms with Crippen LogP contribution in [0.3, 0.4) is 0 Å². The molecule has 0 bridgehead atoms. The van der Waals surface area contributed by atoms with Crippen LogP contribution in [0.1, 0.15) is 11.1 Å². The molecule has 102 valence electrons. The van der Waals surface area contributed by atoms with E-state index in [4.69, 9.17) is 0 Å². The Hall–Kier alpha value is -1.16. The average molecular weight is 347 g/mol. The van der Waals surface area contributed by atoms with Gasteiger partial charge in [-0.25, -0.2) is 0 Å². The first-order chi connectivity index (χ1) is 9.72. The summed E-state index contributed by atoms with van der Waals surface area (Å²) < 4.78 is 2.35. The van der Waals surface area contributed by atoms with E-state index in [1.54, 1.807) is 11.3 Å². The van der Waals surface area contributed by atoms with Crippen LogP contribution in [0.4, 0.5) is 0 Å². The van der Waals surface area contributed by atoms with Crippen molar-refractivity contribution in [2.75, 3.05) is 0 Å². The van der Waals surface area contributed by atoms with E-state index in [1.807, 2.05) is 12.1 Å². The van der Waals surface area contributed by atoms with Gasteiger partial charge in [0, 0.05) is 15.6 Å². The average Bonchev–Trinajstić information content (AvgIpc) is 2.82. The summed E-state index contributed by atoms with van der Waals surface area (Å²) in [5, 5.41) is 13.7. The van der Waals surface area contributed by atoms with Crippen molar-refractivity contribution in [3.05, 3.63) is 69.5 Å². The minimum Gasteiger partial charge on any atom is -0.392 e. The van der Waals surface area contributed by atoms with Gasteiger partial charge in [0.05, 0.1) is 6.10 Å². The summed E-state index contributed by atoms with van der Waals surface area (Å²) in [5.41, 5.74) is 2.40. The third-order valence-corrected chi connectivity index (χ3v) is 4.88. The van der Waals surface area contributed by atoms with Crippen molar-refractivity contribution in [2.24, 2.45) is 0 Å². The SMILES string of the molecule is OC(Cc1cccc(Br)c1)Cc1csc2ccccc12. The molecule has 0 radical (unpaired) electrons. The molecule has 20 heavy (non-hydrogen) atoms. The molecule has 0 spiro atoms. The third-order valence-electron chi connectivity index (χ3n) is 3.38. The molecule has 1 atom stereocenters. The fraction of sp³-hybridized carbons (Fsp3) is 0.176. The fourth-order valence-electron chi connectivity index (χ4n) is 2.45. The van der Waals surface area contributed by atoms with Crippen molar-refractivity contribution in [1.82, 2.24) is 0 Å². The van der Waals surface area contributed by atoms with Gasteiger partial charge in [-0.2, -0.15) is 0 Å². The van der Waals surface area contributed by atoms with E-state index >= 15 is 0 Å². The Morgan fingerprint density at radius 3 is 2.75 bits per heavy atom. The van der Waals surface area contributed by atoms with E-state index in [2.05, 4.69) is 57.7 Å². The number of rotatable bonds is 4. The summed E-state index contributed by atoms with van der Waals surface area (Å²) in [7, 11) is 0. The van der Waals surface area contributed by atoms with Crippen molar-refractivity contribution in [2.45, 2.75) is 18.9 Å². The zero-order valence-corrected chi connectivity index (χ0v) is 13.3. The van der Waals surface area contributed by atoms with E-state index in [1.165, 1.54) is 15.6 Å². The molecular formula is C17H15BrOS. The Kier molecular flexibility index (Phi) is 4.20. The van der Waals surface area contributed by atoms with Crippen LogP contribution in [0.25, 0.3) is 10.1 Å². The van der Waals surface area contributed by atoms with E-state index in [0.29, 0.717) is 12.8 Å².